The number of nitrogens with zero attached hydrogens (tertiary/aromatic N) is 1. The molecule has 0 atom stereocenters. The van der Waals surface area contributed by atoms with E-state index in [0.29, 0.717) is 18.2 Å². The second-order valence-electron chi connectivity index (χ2n) is 7.05. The van der Waals surface area contributed by atoms with E-state index in [1.54, 1.807) is 0 Å². The normalized spacial score (nSPS) is 14.1. The average molecular weight is 381 g/mol. The molecule has 0 aliphatic carbocycles. The van der Waals surface area contributed by atoms with Crippen LogP contribution >= 0.6 is 0 Å². The van der Waals surface area contributed by atoms with Crippen LogP contribution in [0.4, 0.5) is 0 Å². The number of carbonyl (C=O) groups is 2. The monoisotopic (exact) mass is 381 g/mol. The average Bonchev–Trinajstić information content (AvgIpc) is 2.74. The Morgan fingerprint density at radius 2 is 1.14 bits per heavy atom. The van der Waals surface area contributed by atoms with Crippen LogP contribution in [-0.2, 0) is 35.5 Å². The second-order valence-corrected chi connectivity index (χ2v) is 7.05. The summed E-state index contributed by atoms with van der Waals surface area (Å²) in [6, 6.07) is 18.4. The van der Waals surface area contributed by atoms with Crippen molar-refractivity contribution in [2.75, 3.05) is 0 Å². The summed E-state index contributed by atoms with van der Waals surface area (Å²) in [6.45, 7) is 6.70. The molecule has 2 N–H and O–H groups in total. The molecule has 0 saturated heterocycles. The standard InChI is InChI=1S/C19H23N.C4H4O4/c1-15(2)20-13-18-9-5-3-7-16(18)11-12-17-8-4-6-10-19(17)14-20;5-3(6)1-2-4(7)8/h3-10,15H,11-14H2,1-2H3;1-2H,(H,5,6)(H,7,8)/b;2-1-. The molecular formula is C23H27NO4. The van der Waals surface area contributed by atoms with E-state index in [0.717, 1.165) is 25.9 Å². The third kappa shape index (κ3) is 6.67. The van der Waals surface area contributed by atoms with Crippen molar-refractivity contribution in [2.45, 2.75) is 45.8 Å². The van der Waals surface area contributed by atoms with Gasteiger partial charge in [0, 0.05) is 31.3 Å². The van der Waals surface area contributed by atoms with Gasteiger partial charge < -0.3 is 10.2 Å². The van der Waals surface area contributed by atoms with E-state index < -0.39 is 11.9 Å². The minimum Gasteiger partial charge on any atom is -0.478 e. The van der Waals surface area contributed by atoms with E-state index in [4.69, 9.17) is 10.2 Å². The van der Waals surface area contributed by atoms with E-state index in [2.05, 4.69) is 67.3 Å². The zero-order chi connectivity index (χ0) is 20.5. The lowest BCUT2D eigenvalue weighted by Gasteiger charge is -2.27. The molecule has 0 aromatic heterocycles. The Hall–Kier alpha value is -2.92. The molecule has 0 amide bonds. The van der Waals surface area contributed by atoms with Crippen molar-refractivity contribution >= 4 is 11.9 Å². The van der Waals surface area contributed by atoms with Crippen molar-refractivity contribution in [2.24, 2.45) is 0 Å². The minimum atomic E-state index is -1.26. The van der Waals surface area contributed by atoms with Gasteiger partial charge in [-0.15, -0.1) is 0 Å². The lowest BCUT2D eigenvalue weighted by atomic mass is 9.98. The van der Waals surface area contributed by atoms with Gasteiger partial charge in [0.25, 0.3) is 0 Å². The van der Waals surface area contributed by atoms with Gasteiger partial charge in [0.15, 0.2) is 0 Å². The van der Waals surface area contributed by atoms with Gasteiger partial charge in [-0.05, 0) is 48.9 Å². The molecule has 0 saturated carbocycles. The van der Waals surface area contributed by atoms with Gasteiger partial charge in [0.05, 0.1) is 0 Å². The van der Waals surface area contributed by atoms with Crippen LogP contribution < -0.4 is 0 Å². The zero-order valence-electron chi connectivity index (χ0n) is 16.3. The van der Waals surface area contributed by atoms with E-state index >= 15 is 0 Å². The van der Waals surface area contributed by atoms with Gasteiger partial charge in [0.2, 0.25) is 0 Å². The first-order chi connectivity index (χ1) is 13.4. The maximum atomic E-state index is 9.55. The van der Waals surface area contributed by atoms with E-state index in [-0.39, 0.29) is 0 Å². The fourth-order valence-electron chi connectivity index (χ4n) is 3.18. The molecule has 2 aromatic rings. The molecular weight excluding hydrogens is 354 g/mol. The predicted molar refractivity (Wildman–Crippen MR) is 109 cm³/mol. The SMILES string of the molecule is CC(C)N1Cc2ccccc2CCc2ccccc2C1.O=C(O)/C=C\C(=O)O. The molecule has 0 radical (unpaired) electrons. The Kier molecular flexibility index (Phi) is 7.96. The van der Waals surface area contributed by atoms with E-state index in [9.17, 15) is 9.59 Å². The minimum absolute atomic E-state index is 0.558. The molecule has 0 bridgehead atoms. The van der Waals surface area contributed by atoms with E-state index in [1.807, 2.05) is 0 Å². The maximum absolute atomic E-state index is 9.55. The van der Waals surface area contributed by atoms with E-state index in [1.165, 1.54) is 22.3 Å². The van der Waals surface area contributed by atoms with Crippen LogP contribution in [0.3, 0.4) is 0 Å². The molecule has 148 valence electrons. The van der Waals surface area contributed by atoms with Crippen LogP contribution in [0.25, 0.3) is 0 Å². The molecule has 0 fully saturated rings. The van der Waals surface area contributed by atoms with Crippen LogP contribution in [0.2, 0.25) is 0 Å². The number of benzene rings is 2. The fourth-order valence-corrected chi connectivity index (χ4v) is 3.18. The van der Waals surface area contributed by atoms with Crippen LogP contribution in [0.5, 0.6) is 0 Å². The molecule has 1 aliphatic rings. The fraction of sp³-hybridized carbons (Fsp3) is 0.304. The molecule has 5 nitrogen and oxygen atoms in total. The molecule has 0 unspecified atom stereocenters. The first-order valence-corrected chi connectivity index (χ1v) is 9.38. The Morgan fingerprint density at radius 1 is 0.786 bits per heavy atom. The summed E-state index contributed by atoms with van der Waals surface area (Å²) in [5.74, 6) is -2.51. The highest BCUT2D eigenvalue weighted by molar-refractivity contribution is 5.89. The van der Waals surface area contributed by atoms with Crippen molar-refractivity contribution in [3.05, 3.63) is 82.9 Å². The number of carboxylic acid groups (broad SMARTS) is 2. The Bertz CT molecular complexity index is 777. The summed E-state index contributed by atoms with van der Waals surface area (Å²) < 4.78 is 0. The number of hydrogen-bond donors (Lipinski definition) is 2. The summed E-state index contributed by atoms with van der Waals surface area (Å²) >= 11 is 0. The Labute approximate surface area is 165 Å². The van der Waals surface area contributed by atoms with Crippen LogP contribution in [0.1, 0.15) is 36.1 Å². The van der Waals surface area contributed by atoms with Crippen LogP contribution in [0, 0.1) is 0 Å². The zero-order valence-corrected chi connectivity index (χ0v) is 16.3. The smallest absolute Gasteiger partial charge is 0.328 e. The summed E-state index contributed by atoms with van der Waals surface area (Å²) in [7, 11) is 0. The number of rotatable bonds is 3. The van der Waals surface area contributed by atoms with Crippen molar-refractivity contribution in [3.8, 4) is 0 Å². The maximum Gasteiger partial charge on any atom is 0.328 e. The molecule has 2 aromatic carbocycles. The lowest BCUT2D eigenvalue weighted by molar-refractivity contribution is -0.134. The predicted octanol–water partition coefficient (Wildman–Crippen LogP) is 3.91. The topological polar surface area (TPSA) is 77.8 Å². The molecule has 28 heavy (non-hydrogen) atoms. The third-order valence-corrected chi connectivity index (χ3v) is 4.75. The molecule has 1 aliphatic heterocycles. The largest absolute Gasteiger partial charge is 0.478 e. The number of aliphatic carboxylic acids is 2. The first-order valence-electron chi connectivity index (χ1n) is 9.38. The van der Waals surface area contributed by atoms with Gasteiger partial charge in [-0.3, -0.25) is 4.90 Å². The van der Waals surface area contributed by atoms with Crippen LogP contribution in [-0.4, -0.2) is 33.1 Å². The number of fused-ring (bicyclic) bond motifs is 2. The van der Waals surface area contributed by atoms with Gasteiger partial charge >= 0.3 is 11.9 Å². The Morgan fingerprint density at radius 3 is 1.46 bits per heavy atom. The van der Waals surface area contributed by atoms with Gasteiger partial charge in [-0.25, -0.2) is 9.59 Å². The summed E-state index contributed by atoms with van der Waals surface area (Å²) in [5, 5.41) is 15.6. The summed E-state index contributed by atoms with van der Waals surface area (Å²) in [6.07, 6.45) is 3.42. The second kappa shape index (κ2) is 10.4. The summed E-state index contributed by atoms with van der Waals surface area (Å²) in [5.41, 5.74) is 6.01. The Balaban J connectivity index is 0.000000300. The first kappa shape index (κ1) is 21.4. The molecule has 5 heteroatoms. The van der Waals surface area contributed by atoms with Gasteiger partial charge in [-0.2, -0.15) is 0 Å². The van der Waals surface area contributed by atoms with Crippen molar-refractivity contribution < 1.29 is 19.8 Å². The highest BCUT2D eigenvalue weighted by Gasteiger charge is 2.17. The molecule has 3 rings (SSSR count). The number of aryl methyl sites for hydroxylation is 2. The van der Waals surface area contributed by atoms with Crippen molar-refractivity contribution in [1.82, 2.24) is 4.90 Å². The summed E-state index contributed by atoms with van der Waals surface area (Å²) in [4.78, 5) is 21.7. The van der Waals surface area contributed by atoms with Gasteiger partial charge in [0.1, 0.15) is 0 Å². The van der Waals surface area contributed by atoms with Crippen LogP contribution in [0.15, 0.2) is 60.7 Å². The number of hydrogen-bond acceptors (Lipinski definition) is 3. The molecule has 1 heterocycles. The molecule has 0 spiro atoms. The number of carboxylic acids is 2. The van der Waals surface area contributed by atoms with Crippen molar-refractivity contribution in [3.63, 3.8) is 0 Å². The highest BCUT2D eigenvalue weighted by atomic mass is 16.4. The highest BCUT2D eigenvalue weighted by Crippen LogP contribution is 2.23. The third-order valence-electron chi connectivity index (χ3n) is 4.75. The van der Waals surface area contributed by atoms with Gasteiger partial charge in [-0.1, -0.05) is 48.5 Å². The quantitative estimate of drug-likeness (QED) is 0.788. The van der Waals surface area contributed by atoms with Crippen molar-refractivity contribution in [1.29, 1.82) is 0 Å². The lowest BCUT2D eigenvalue weighted by Crippen LogP contribution is -2.30.